The van der Waals surface area contributed by atoms with Crippen LogP contribution >= 0.6 is 34.2 Å². The Labute approximate surface area is 50.3 Å². The molecular formula is C3H4ClI. The second-order valence-electron chi connectivity index (χ2n) is 0.696. The first-order valence-corrected chi connectivity index (χ1v) is 2.71. The van der Waals surface area contributed by atoms with Crippen molar-refractivity contribution in [1.29, 1.82) is 0 Å². The normalized spacial score (nSPS) is 12.2. The van der Waals surface area contributed by atoms with Gasteiger partial charge in [0, 0.05) is 5.54 Å². The minimum Gasteiger partial charge on any atom is -0.0922 e. The second-order valence-corrected chi connectivity index (χ2v) is 2.62. The third kappa shape index (κ3) is 4.76. The highest BCUT2D eigenvalue weighted by atomic mass is 127. The van der Waals surface area contributed by atoms with Gasteiger partial charge in [0.15, 0.2) is 0 Å². The van der Waals surface area contributed by atoms with Crippen LogP contribution in [0, 0.1) is 0 Å². The topological polar surface area (TPSA) is 0 Å². The first-order chi connectivity index (χ1) is 2.27. The molecule has 0 heterocycles. The number of hydrogen-bond acceptors (Lipinski definition) is 0. The highest BCUT2D eigenvalue weighted by Gasteiger charge is 1.65. The average molecular weight is 202 g/mol. The van der Waals surface area contributed by atoms with Gasteiger partial charge in [-0.3, -0.25) is 0 Å². The Bertz CT molecular complexity index is 44.9. The van der Waals surface area contributed by atoms with E-state index in [0.29, 0.717) is 0 Å². The van der Waals surface area contributed by atoms with Crippen LogP contribution in [-0.2, 0) is 0 Å². The molecule has 0 bridgehead atoms. The van der Waals surface area contributed by atoms with Crippen molar-refractivity contribution in [3.63, 3.8) is 0 Å². The molecule has 0 aromatic heterocycles. The molecule has 0 spiro atoms. The van der Waals surface area contributed by atoms with Crippen LogP contribution in [0.25, 0.3) is 0 Å². The van der Waals surface area contributed by atoms with Crippen LogP contribution in [-0.4, -0.2) is 0 Å². The highest BCUT2D eigenvalue weighted by Crippen LogP contribution is 2.02. The molecule has 0 amide bonds. The number of allylic oxidation sites excluding steroid dienone is 1. The predicted molar refractivity (Wildman–Crippen MR) is 33.6 cm³/mol. The zero-order chi connectivity index (χ0) is 4.28. The Morgan fingerprint density at radius 3 is 2.20 bits per heavy atom. The van der Waals surface area contributed by atoms with Gasteiger partial charge in [0.05, 0.1) is 0 Å². The molecule has 0 aliphatic carbocycles. The van der Waals surface area contributed by atoms with E-state index in [2.05, 4.69) is 22.6 Å². The molecule has 0 atom stereocenters. The van der Waals surface area contributed by atoms with Gasteiger partial charge in [-0.15, -0.1) is 0 Å². The zero-order valence-electron chi connectivity index (χ0n) is 2.83. The van der Waals surface area contributed by atoms with Crippen LogP contribution in [0.1, 0.15) is 6.92 Å². The lowest BCUT2D eigenvalue weighted by atomic mass is 10.8. The first-order valence-electron chi connectivity index (χ1n) is 1.20. The molecule has 0 N–H and O–H groups in total. The molecular weight excluding hydrogens is 198 g/mol. The minimum atomic E-state index is 1.12. The lowest BCUT2D eigenvalue weighted by Crippen LogP contribution is -1.40. The van der Waals surface area contributed by atoms with Gasteiger partial charge in [0.25, 0.3) is 0 Å². The smallest absolute Gasteiger partial charge is 0.0132 e. The summed E-state index contributed by atoms with van der Waals surface area (Å²) in [5, 5.41) is 0. The summed E-state index contributed by atoms with van der Waals surface area (Å²) in [5.74, 6) is 0. The predicted octanol–water partition coefficient (Wildman–Crippen LogP) is 2.52. The third-order valence-electron chi connectivity index (χ3n) is 0.150. The highest BCUT2D eigenvalue weighted by molar-refractivity contribution is 14.1. The van der Waals surface area contributed by atoms with E-state index in [1.54, 1.807) is 5.54 Å². The molecule has 0 rings (SSSR count). The fraction of sp³-hybridized carbons (Fsp3) is 0.333. The summed E-state index contributed by atoms with van der Waals surface area (Å²) in [6, 6.07) is 0. The fourth-order valence-electron chi connectivity index (χ4n) is 0. The van der Waals surface area contributed by atoms with Crippen LogP contribution in [0.15, 0.2) is 9.12 Å². The van der Waals surface area contributed by atoms with Crippen LogP contribution < -0.4 is 0 Å². The molecule has 0 aliphatic heterocycles. The van der Waals surface area contributed by atoms with Gasteiger partial charge in [-0.25, -0.2) is 0 Å². The van der Waals surface area contributed by atoms with E-state index in [9.17, 15) is 0 Å². The van der Waals surface area contributed by atoms with Gasteiger partial charge in [-0.05, 0) is 33.1 Å². The van der Waals surface area contributed by atoms with E-state index >= 15 is 0 Å². The van der Waals surface area contributed by atoms with E-state index < -0.39 is 0 Å². The Hall–Kier alpha value is 0.760. The molecule has 5 heavy (non-hydrogen) atoms. The Morgan fingerprint density at radius 1 is 2.00 bits per heavy atom. The molecule has 0 saturated carbocycles. The molecule has 0 aromatic rings. The van der Waals surface area contributed by atoms with Crippen molar-refractivity contribution in [2.75, 3.05) is 0 Å². The van der Waals surface area contributed by atoms with E-state index in [0.717, 1.165) is 3.58 Å². The van der Waals surface area contributed by atoms with Crippen molar-refractivity contribution in [3.05, 3.63) is 9.12 Å². The molecule has 0 fully saturated rings. The summed E-state index contributed by atoms with van der Waals surface area (Å²) in [4.78, 5) is 0. The maximum atomic E-state index is 5.17. The summed E-state index contributed by atoms with van der Waals surface area (Å²) in [7, 11) is 0. The summed E-state index contributed by atoms with van der Waals surface area (Å²) < 4.78 is 1.12. The molecule has 0 unspecified atom stereocenters. The van der Waals surface area contributed by atoms with Gasteiger partial charge in [0.1, 0.15) is 0 Å². The minimum absolute atomic E-state index is 1.12. The lowest BCUT2D eigenvalue weighted by molar-refractivity contribution is 1.76. The van der Waals surface area contributed by atoms with Gasteiger partial charge in [0.2, 0.25) is 0 Å². The summed E-state index contributed by atoms with van der Waals surface area (Å²) in [6.45, 7) is 1.94. The maximum Gasteiger partial charge on any atom is 0.0132 e. The molecule has 0 radical (unpaired) electrons. The quantitative estimate of drug-likeness (QED) is 0.530. The van der Waals surface area contributed by atoms with Crippen molar-refractivity contribution in [3.8, 4) is 0 Å². The Morgan fingerprint density at radius 2 is 2.20 bits per heavy atom. The molecule has 0 saturated heterocycles. The monoisotopic (exact) mass is 202 g/mol. The maximum absolute atomic E-state index is 5.17. The summed E-state index contributed by atoms with van der Waals surface area (Å²) in [5.41, 5.74) is 1.54. The molecule has 0 nitrogen and oxygen atoms in total. The van der Waals surface area contributed by atoms with E-state index in [4.69, 9.17) is 11.6 Å². The Kier molecular flexibility index (Phi) is 3.42. The lowest BCUT2D eigenvalue weighted by Gasteiger charge is -1.68. The van der Waals surface area contributed by atoms with Crippen molar-refractivity contribution >= 4 is 34.2 Å². The first kappa shape index (κ1) is 5.76. The van der Waals surface area contributed by atoms with Gasteiger partial charge in [-0.2, -0.15) is 0 Å². The number of halogens is 2. The largest absolute Gasteiger partial charge is 0.0922 e. The van der Waals surface area contributed by atoms with Crippen LogP contribution in [0.2, 0.25) is 0 Å². The standard InChI is InChI=1S/C3H4ClI/c1-3(5)2-4/h2H,1H3. The van der Waals surface area contributed by atoms with Crippen LogP contribution in [0.4, 0.5) is 0 Å². The van der Waals surface area contributed by atoms with Gasteiger partial charge < -0.3 is 0 Å². The van der Waals surface area contributed by atoms with Crippen LogP contribution in [0.3, 0.4) is 0 Å². The van der Waals surface area contributed by atoms with E-state index in [1.165, 1.54) is 0 Å². The van der Waals surface area contributed by atoms with Crippen molar-refractivity contribution in [2.24, 2.45) is 0 Å². The van der Waals surface area contributed by atoms with Gasteiger partial charge >= 0.3 is 0 Å². The van der Waals surface area contributed by atoms with Crippen molar-refractivity contribution in [2.45, 2.75) is 6.92 Å². The fourth-order valence-corrected chi connectivity index (χ4v) is 0. The van der Waals surface area contributed by atoms with Crippen LogP contribution in [0.5, 0.6) is 0 Å². The van der Waals surface area contributed by atoms with Crippen molar-refractivity contribution in [1.82, 2.24) is 0 Å². The second kappa shape index (κ2) is 2.97. The Balaban J connectivity index is 3.14. The number of rotatable bonds is 0. The van der Waals surface area contributed by atoms with Crippen molar-refractivity contribution < 1.29 is 0 Å². The number of hydrogen-bond donors (Lipinski definition) is 0. The third-order valence-corrected chi connectivity index (χ3v) is 1.16. The van der Waals surface area contributed by atoms with Gasteiger partial charge in [-0.1, -0.05) is 11.6 Å². The molecule has 0 aliphatic rings. The average Bonchev–Trinajstić information content (AvgIpc) is 1.38. The molecule has 2 heteroatoms. The van der Waals surface area contributed by atoms with E-state index in [1.807, 2.05) is 6.92 Å². The summed E-state index contributed by atoms with van der Waals surface area (Å²) >= 11 is 7.30. The molecule has 0 aromatic carbocycles. The summed E-state index contributed by atoms with van der Waals surface area (Å²) in [6.07, 6.45) is 0. The van der Waals surface area contributed by atoms with E-state index in [-0.39, 0.29) is 0 Å². The molecule has 30 valence electrons. The zero-order valence-corrected chi connectivity index (χ0v) is 5.75. The SMILES string of the molecule is CC(I)=CCl.